The fraction of sp³-hybridized carbons (Fsp3) is 0.0909. The second-order valence-electron chi connectivity index (χ2n) is 3.16. The molecule has 0 saturated heterocycles. The average molecular weight is 253 g/mol. The fourth-order valence-electron chi connectivity index (χ4n) is 1.34. The van der Waals surface area contributed by atoms with Crippen LogP contribution in [0.15, 0.2) is 30.5 Å². The molecule has 0 aliphatic heterocycles. The summed E-state index contributed by atoms with van der Waals surface area (Å²) in [6.07, 6.45) is 3.11. The highest BCUT2D eigenvalue weighted by Crippen LogP contribution is 2.24. The van der Waals surface area contributed by atoms with Gasteiger partial charge in [0.2, 0.25) is 6.41 Å². The summed E-state index contributed by atoms with van der Waals surface area (Å²) in [6, 6.07) is 7.70. The van der Waals surface area contributed by atoms with Gasteiger partial charge in [-0.25, -0.2) is 4.98 Å². The number of rotatable bonds is 4. The zero-order chi connectivity index (χ0) is 11.4. The number of aromatic nitrogens is 1. The van der Waals surface area contributed by atoms with Crippen molar-refractivity contribution in [2.75, 3.05) is 5.32 Å². The van der Waals surface area contributed by atoms with E-state index in [0.717, 1.165) is 21.9 Å². The van der Waals surface area contributed by atoms with Crippen molar-refractivity contribution < 1.29 is 4.79 Å². The first kappa shape index (κ1) is 11.1. The molecular weight excluding hydrogens is 244 g/mol. The second-order valence-corrected chi connectivity index (χ2v) is 4.68. The Morgan fingerprint density at radius 1 is 1.44 bits per heavy atom. The van der Waals surface area contributed by atoms with E-state index in [9.17, 15) is 4.79 Å². The van der Waals surface area contributed by atoms with Gasteiger partial charge in [-0.2, -0.15) is 0 Å². The minimum absolute atomic E-state index is 0.608. The molecule has 1 aromatic carbocycles. The lowest BCUT2D eigenvalue weighted by Crippen LogP contribution is -1.90. The van der Waals surface area contributed by atoms with Gasteiger partial charge in [-0.3, -0.25) is 4.79 Å². The molecule has 0 fully saturated rings. The lowest BCUT2D eigenvalue weighted by atomic mass is 10.1. The van der Waals surface area contributed by atoms with E-state index in [4.69, 9.17) is 11.6 Å². The Balaban J connectivity index is 2.14. The molecule has 5 heteroatoms. The number of carbonyl (C=O) groups excluding carboxylic acids is 1. The van der Waals surface area contributed by atoms with Gasteiger partial charge in [-0.05, 0) is 11.6 Å². The molecule has 1 aromatic heterocycles. The maximum absolute atomic E-state index is 10.2. The van der Waals surface area contributed by atoms with Crippen LogP contribution < -0.4 is 5.32 Å². The number of thiazole rings is 1. The van der Waals surface area contributed by atoms with Crippen LogP contribution in [0.3, 0.4) is 0 Å². The molecule has 3 nitrogen and oxygen atoms in total. The van der Waals surface area contributed by atoms with Crippen molar-refractivity contribution in [2.24, 2.45) is 0 Å². The van der Waals surface area contributed by atoms with E-state index in [1.165, 1.54) is 11.3 Å². The van der Waals surface area contributed by atoms with Crippen molar-refractivity contribution in [3.05, 3.63) is 45.9 Å². The molecule has 1 amide bonds. The molecule has 0 bridgehead atoms. The molecule has 0 saturated carbocycles. The number of benzene rings is 1. The smallest absolute Gasteiger partial charge is 0.213 e. The second kappa shape index (κ2) is 5.09. The largest absolute Gasteiger partial charge is 0.305 e. The van der Waals surface area contributed by atoms with Gasteiger partial charge in [0, 0.05) is 22.5 Å². The van der Waals surface area contributed by atoms with Gasteiger partial charge in [-0.1, -0.05) is 29.8 Å². The van der Waals surface area contributed by atoms with Gasteiger partial charge in [0.05, 0.1) is 0 Å². The predicted octanol–water partition coefficient (Wildman–Crippen LogP) is 2.96. The minimum Gasteiger partial charge on any atom is -0.305 e. The van der Waals surface area contributed by atoms with E-state index in [1.807, 2.05) is 24.3 Å². The van der Waals surface area contributed by atoms with Crippen molar-refractivity contribution in [1.82, 2.24) is 4.98 Å². The van der Waals surface area contributed by atoms with Crippen LogP contribution in [0.25, 0.3) is 0 Å². The van der Waals surface area contributed by atoms with Gasteiger partial charge < -0.3 is 5.32 Å². The highest BCUT2D eigenvalue weighted by atomic mass is 35.5. The average Bonchev–Trinajstić information content (AvgIpc) is 2.70. The van der Waals surface area contributed by atoms with Gasteiger partial charge in [0.15, 0.2) is 5.13 Å². The monoisotopic (exact) mass is 252 g/mol. The van der Waals surface area contributed by atoms with E-state index >= 15 is 0 Å². The molecule has 2 aromatic rings. The van der Waals surface area contributed by atoms with Crippen LogP contribution in [0.1, 0.15) is 10.4 Å². The molecule has 0 aliphatic carbocycles. The minimum atomic E-state index is 0.608. The van der Waals surface area contributed by atoms with Crippen LogP contribution in [-0.2, 0) is 11.2 Å². The Hall–Kier alpha value is -1.39. The molecule has 0 unspecified atom stereocenters. The summed E-state index contributed by atoms with van der Waals surface area (Å²) in [5, 5.41) is 3.88. The zero-order valence-electron chi connectivity index (χ0n) is 8.31. The molecule has 0 aliphatic rings. The van der Waals surface area contributed by atoms with E-state index in [1.54, 1.807) is 6.20 Å². The third-order valence-electron chi connectivity index (χ3n) is 2.06. The quantitative estimate of drug-likeness (QED) is 0.850. The normalized spacial score (nSPS) is 10.1. The van der Waals surface area contributed by atoms with Crippen LogP contribution >= 0.6 is 22.9 Å². The number of hydrogen-bond acceptors (Lipinski definition) is 3. The summed E-state index contributed by atoms with van der Waals surface area (Å²) in [7, 11) is 0. The van der Waals surface area contributed by atoms with Crippen molar-refractivity contribution in [1.29, 1.82) is 0 Å². The SMILES string of the molecule is O=CNc1ncc(Cc2ccccc2Cl)s1. The maximum Gasteiger partial charge on any atom is 0.213 e. The Kier molecular flexibility index (Phi) is 3.54. The van der Waals surface area contributed by atoms with Gasteiger partial charge in [0.1, 0.15) is 0 Å². The summed E-state index contributed by atoms with van der Waals surface area (Å²) in [5.74, 6) is 0. The van der Waals surface area contributed by atoms with E-state index in [-0.39, 0.29) is 0 Å². The number of carbonyl (C=O) groups is 1. The summed E-state index contributed by atoms with van der Waals surface area (Å²) in [5.41, 5.74) is 1.06. The predicted molar refractivity (Wildman–Crippen MR) is 66.1 cm³/mol. The van der Waals surface area contributed by atoms with E-state index < -0.39 is 0 Å². The van der Waals surface area contributed by atoms with Crippen LogP contribution in [-0.4, -0.2) is 11.4 Å². The Morgan fingerprint density at radius 3 is 3.00 bits per heavy atom. The van der Waals surface area contributed by atoms with Gasteiger partial charge in [0.25, 0.3) is 0 Å². The van der Waals surface area contributed by atoms with E-state index in [0.29, 0.717) is 11.5 Å². The van der Waals surface area contributed by atoms with Crippen molar-refractivity contribution >= 4 is 34.5 Å². The first-order valence-electron chi connectivity index (χ1n) is 4.68. The number of hydrogen-bond donors (Lipinski definition) is 1. The number of halogens is 1. The molecule has 0 spiro atoms. The number of anilines is 1. The third-order valence-corrected chi connectivity index (χ3v) is 3.36. The fourth-order valence-corrected chi connectivity index (χ4v) is 2.33. The summed E-state index contributed by atoms with van der Waals surface area (Å²) < 4.78 is 0. The lowest BCUT2D eigenvalue weighted by molar-refractivity contribution is -0.105. The van der Waals surface area contributed by atoms with Crippen molar-refractivity contribution in [3.63, 3.8) is 0 Å². The molecule has 0 atom stereocenters. The molecule has 1 heterocycles. The highest BCUT2D eigenvalue weighted by Gasteiger charge is 2.04. The van der Waals surface area contributed by atoms with Crippen LogP contribution in [0.4, 0.5) is 5.13 Å². The van der Waals surface area contributed by atoms with E-state index in [2.05, 4.69) is 10.3 Å². The molecular formula is C11H9ClN2OS. The molecule has 1 N–H and O–H groups in total. The zero-order valence-corrected chi connectivity index (χ0v) is 9.89. The van der Waals surface area contributed by atoms with Crippen molar-refractivity contribution in [3.8, 4) is 0 Å². The Bertz CT molecular complexity index is 498. The summed E-state index contributed by atoms with van der Waals surface area (Å²) >= 11 is 7.50. The number of nitrogens with zero attached hydrogens (tertiary/aromatic N) is 1. The molecule has 16 heavy (non-hydrogen) atoms. The highest BCUT2D eigenvalue weighted by molar-refractivity contribution is 7.15. The number of nitrogens with one attached hydrogen (secondary N) is 1. The van der Waals surface area contributed by atoms with Crippen LogP contribution in [0.2, 0.25) is 5.02 Å². The lowest BCUT2D eigenvalue weighted by Gasteiger charge is -2.00. The Morgan fingerprint density at radius 2 is 2.25 bits per heavy atom. The summed E-state index contributed by atoms with van der Waals surface area (Å²) in [6.45, 7) is 0. The molecule has 82 valence electrons. The van der Waals surface area contributed by atoms with Crippen molar-refractivity contribution in [2.45, 2.75) is 6.42 Å². The number of amides is 1. The van der Waals surface area contributed by atoms with Crippen LogP contribution in [0.5, 0.6) is 0 Å². The van der Waals surface area contributed by atoms with Gasteiger partial charge >= 0.3 is 0 Å². The van der Waals surface area contributed by atoms with Gasteiger partial charge in [-0.15, -0.1) is 11.3 Å². The first-order valence-corrected chi connectivity index (χ1v) is 5.87. The maximum atomic E-state index is 10.2. The standard InChI is InChI=1S/C11H9ClN2OS/c12-10-4-2-1-3-8(10)5-9-6-13-11(16-9)14-7-15/h1-4,6-7H,5H2,(H,13,14,15). The Labute approximate surface area is 102 Å². The third kappa shape index (κ3) is 2.59. The van der Waals surface area contributed by atoms with Crippen LogP contribution in [0, 0.1) is 0 Å². The topological polar surface area (TPSA) is 42.0 Å². The molecule has 2 rings (SSSR count). The first-order chi connectivity index (χ1) is 7.79. The summed E-state index contributed by atoms with van der Waals surface area (Å²) in [4.78, 5) is 15.4. The molecule has 0 radical (unpaired) electrons.